The lowest BCUT2D eigenvalue weighted by atomic mass is 10.0. The molecule has 0 unspecified atom stereocenters. The lowest BCUT2D eigenvalue weighted by Crippen LogP contribution is -2.47. The van der Waals surface area contributed by atoms with E-state index in [1.165, 1.54) is 11.0 Å². The highest BCUT2D eigenvalue weighted by atomic mass is 16.5. The Hall–Kier alpha value is -4.63. The van der Waals surface area contributed by atoms with Crippen molar-refractivity contribution in [3.8, 4) is 22.8 Å². The maximum absolute atomic E-state index is 13.2. The van der Waals surface area contributed by atoms with Gasteiger partial charge in [-0.3, -0.25) is 9.69 Å². The summed E-state index contributed by atoms with van der Waals surface area (Å²) in [5.41, 5.74) is 4.25. The SMILES string of the molecule is O=C1/C(=C/c2c[nH]c3nc(-c4ccccc4)ccc23)Oc2c1ccc(O)c2CN1CCN(C(=O)O)CC1. The number of fused-ring (bicyclic) bond motifs is 2. The summed E-state index contributed by atoms with van der Waals surface area (Å²) in [5.74, 6) is 0.306. The molecular weight excluding hydrogens is 472 g/mol. The maximum Gasteiger partial charge on any atom is 0.407 e. The summed E-state index contributed by atoms with van der Waals surface area (Å²) in [7, 11) is 0. The van der Waals surface area contributed by atoms with Gasteiger partial charge in [0.05, 0.1) is 16.8 Å². The number of pyridine rings is 1. The van der Waals surface area contributed by atoms with Crippen LogP contribution in [0.15, 0.2) is 66.6 Å². The Labute approximate surface area is 212 Å². The number of aromatic amines is 1. The van der Waals surface area contributed by atoms with Gasteiger partial charge in [0, 0.05) is 55.4 Å². The Bertz CT molecular complexity index is 1550. The molecule has 4 aromatic rings. The van der Waals surface area contributed by atoms with Crippen LogP contribution in [-0.4, -0.2) is 68.0 Å². The molecule has 9 nitrogen and oxygen atoms in total. The lowest BCUT2D eigenvalue weighted by molar-refractivity contribution is 0.101. The number of Topliss-reactive ketones (excluding diaryl/α,β-unsaturated/α-hetero) is 1. The van der Waals surface area contributed by atoms with E-state index < -0.39 is 6.09 Å². The minimum atomic E-state index is -0.935. The molecule has 1 amide bonds. The van der Waals surface area contributed by atoms with E-state index in [1.54, 1.807) is 18.3 Å². The predicted octanol–water partition coefficient (Wildman–Crippen LogP) is 4.35. The molecule has 2 aromatic carbocycles. The standard InChI is InChI=1S/C28H24N4O5/c33-23-9-7-20-25(34)24(37-26(20)21(23)16-31-10-12-32(13-11-31)28(35)36)14-18-15-29-27-19(18)6-8-22(30-27)17-4-2-1-3-5-17/h1-9,14-15,33H,10-13,16H2,(H,29,30)(H,35,36)/b24-14-. The van der Waals surface area contributed by atoms with E-state index in [-0.39, 0.29) is 17.3 Å². The lowest BCUT2D eigenvalue weighted by Gasteiger charge is -2.33. The van der Waals surface area contributed by atoms with Crippen LogP contribution < -0.4 is 4.74 Å². The zero-order valence-corrected chi connectivity index (χ0v) is 19.8. The van der Waals surface area contributed by atoms with Gasteiger partial charge in [0.2, 0.25) is 5.78 Å². The van der Waals surface area contributed by atoms with Gasteiger partial charge in [-0.05, 0) is 30.3 Å². The number of carbonyl (C=O) groups excluding carboxylic acids is 1. The van der Waals surface area contributed by atoms with Gasteiger partial charge in [-0.25, -0.2) is 9.78 Å². The number of phenolic OH excluding ortho intramolecular Hbond substituents is 1. The van der Waals surface area contributed by atoms with Crippen molar-refractivity contribution in [2.45, 2.75) is 6.54 Å². The van der Waals surface area contributed by atoms with Gasteiger partial charge in [-0.1, -0.05) is 30.3 Å². The van der Waals surface area contributed by atoms with Gasteiger partial charge >= 0.3 is 6.09 Å². The average Bonchev–Trinajstić information content (AvgIpc) is 3.47. The van der Waals surface area contributed by atoms with Gasteiger partial charge in [0.25, 0.3) is 0 Å². The van der Waals surface area contributed by atoms with Crippen molar-refractivity contribution in [2.24, 2.45) is 0 Å². The van der Waals surface area contributed by atoms with Crippen LogP contribution in [0.3, 0.4) is 0 Å². The predicted molar refractivity (Wildman–Crippen MR) is 137 cm³/mol. The second kappa shape index (κ2) is 9.11. The Morgan fingerprint density at radius 3 is 2.59 bits per heavy atom. The van der Waals surface area contributed by atoms with Crippen LogP contribution >= 0.6 is 0 Å². The van der Waals surface area contributed by atoms with Gasteiger partial charge < -0.3 is 24.8 Å². The van der Waals surface area contributed by atoms with Crippen LogP contribution in [0.4, 0.5) is 4.79 Å². The number of benzene rings is 2. The van der Waals surface area contributed by atoms with Crippen molar-refractivity contribution in [1.29, 1.82) is 0 Å². The summed E-state index contributed by atoms with van der Waals surface area (Å²) in [6.07, 6.45) is 2.55. The molecule has 3 N–H and O–H groups in total. The molecule has 2 aromatic heterocycles. The summed E-state index contributed by atoms with van der Waals surface area (Å²) >= 11 is 0. The van der Waals surface area contributed by atoms with Crippen LogP contribution in [0.1, 0.15) is 21.5 Å². The van der Waals surface area contributed by atoms with E-state index in [4.69, 9.17) is 9.72 Å². The first-order valence-electron chi connectivity index (χ1n) is 12.0. The normalized spacial score (nSPS) is 16.8. The van der Waals surface area contributed by atoms with Crippen molar-refractivity contribution >= 4 is 29.0 Å². The fraction of sp³-hybridized carbons (Fsp3) is 0.179. The van der Waals surface area contributed by atoms with Gasteiger partial charge in [0.15, 0.2) is 5.76 Å². The third-order valence-electron chi connectivity index (χ3n) is 6.87. The van der Waals surface area contributed by atoms with E-state index in [2.05, 4.69) is 4.98 Å². The van der Waals surface area contributed by atoms with Crippen molar-refractivity contribution in [2.75, 3.05) is 26.2 Å². The number of nitrogens with one attached hydrogen (secondary N) is 1. The second-order valence-electron chi connectivity index (χ2n) is 9.13. The van der Waals surface area contributed by atoms with Crippen LogP contribution in [0.5, 0.6) is 11.5 Å². The molecule has 4 heterocycles. The van der Waals surface area contributed by atoms with E-state index in [1.807, 2.05) is 47.4 Å². The van der Waals surface area contributed by atoms with Gasteiger partial charge in [-0.15, -0.1) is 0 Å². The number of hydrogen-bond acceptors (Lipinski definition) is 6. The first-order chi connectivity index (χ1) is 18.0. The molecule has 0 bridgehead atoms. The number of carboxylic acid groups (broad SMARTS) is 1. The quantitative estimate of drug-likeness (QED) is 0.360. The molecule has 0 aliphatic carbocycles. The number of piperazine rings is 1. The summed E-state index contributed by atoms with van der Waals surface area (Å²) in [5, 5.41) is 20.6. The number of ketones is 1. The first-order valence-corrected chi connectivity index (χ1v) is 12.0. The minimum absolute atomic E-state index is 0.0400. The topological polar surface area (TPSA) is 119 Å². The molecule has 0 spiro atoms. The number of aromatic hydroxyl groups is 1. The zero-order chi connectivity index (χ0) is 25.5. The summed E-state index contributed by atoms with van der Waals surface area (Å²) < 4.78 is 6.03. The zero-order valence-electron chi connectivity index (χ0n) is 19.8. The number of ether oxygens (including phenoxy) is 1. The van der Waals surface area contributed by atoms with Gasteiger partial charge in [-0.2, -0.15) is 0 Å². The minimum Gasteiger partial charge on any atom is -0.507 e. The van der Waals surface area contributed by atoms with Gasteiger partial charge in [0.1, 0.15) is 17.1 Å². The molecule has 0 saturated carbocycles. The van der Waals surface area contributed by atoms with E-state index >= 15 is 0 Å². The van der Waals surface area contributed by atoms with Crippen LogP contribution in [0.25, 0.3) is 28.4 Å². The number of rotatable bonds is 4. The number of allylic oxidation sites excluding steroid dienone is 1. The smallest absolute Gasteiger partial charge is 0.407 e. The number of amides is 1. The third kappa shape index (κ3) is 4.19. The fourth-order valence-electron chi connectivity index (χ4n) is 4.83. The van der Waals surface area contributed by atoms with Crippen LogP contribution in [0.2, 0.25) is 0 Å². The summed E-state index contributed by atoms with van der Waals surface area (Å²) in [4.78, 5) is 35.7. The number of carbonyl (C=O) groups is 2. The Morgan fingerprint density at radius 2 is 1.84 bits per heavy atom. The number of phenols is 1. The number of H-pyrrole nitrogens is 1. The van der Waals surface area contributed by atoms with E-state index in [9.17, 15) is 19.8 Å². The molecule has 1 fully saturated rings. The molecule has 2 aliphatic heterocycles. The monoisotopic (exact) mass is 496 g/mol. The Kier molecular flexibility index (Phi) is 5.61. The first kappa shape index (κ1) is 22.8. The van der Waals surface area contributed by atoms with Crippen LogP contribution in [-0.2, 0) is 6.54 Å². The molecule has 2 aliphatic rings. The highest BCUT2D eigenvalue weighted by molar-refractivity contribution is 6.15. The molecule has 0 radical (unpaired) electrons. The molecule has 6 rings (SSSR count). The van der Waals surface area contributed by atoms with Crippen molar-refractivity contribution in [1.82, 2.24) is 19.8 Å². The van der Waals surface area contributed by atoms with Crippen molar-refractivity contribution < 1.29 is 24.5 Å². The third-order valence-corrected chi connectivity index (χ3v) is 6.87. The molecule has 37 heavy (non-hydrogen) atoms. The molecular formula is C28H24N4O5. The fourth-order valence-corrected chi connectivity index (χ4v) is 4.83. The molecule has 9 heteroatoms. The largest absolute Gasteiger partial charge is 0.507 e. The van der Waals surface area contributed by atoms with E-state index in [0.29, 0.717) is 55.2 Å². The molecule has 0 atom stereocenters. The highest BCUT2D eigenvalue weighted by Gasteiger charge is 2.32. The average molecular weight is 497 g/mol. The maximum atomic E-state index is 13.2. The Morgan fingerprint density at radius 1 is 1.05 bits per heavy atom. The van der Waals surface area contributed by atoms with Crippen LogP contribution in [0, 0.1) is 0 Å². The van der Waals surface area contributed by atoms with E-state index in [0.717, 1.165) is 22.2 Å². The second-order valence-corrected chi connectivity index (χ2v) is 9.13. The van der Waals surface area contributed by atoms with Crippen molar-refractivity contribution in [3.63, 3.8) is 0 Å². The summed E-state index contributed by atoms with van der Waals surface area (Å²) in [6.45, 7) is 2.17. The number of aromatic nitrogens is 2. The molecule has 1 saturated heterocycles. The Balaban J connectivity index is 1.26. The number of nitrogens with zero attached hydrogens (tertiary/aromatic N) is 3. The molecule has 186 valence electrons. The van der Waals surface area contributed by atoms with Crippen molar-refractivity contribution in [3.05, 3.63) is 83.2 Å². The highest BCUT2D eigenvalue weighted by Crippen LogP contribution is 2.40. The summed E-state index contributed by atoms with van der Waals surface area (Å²) in [6, 6.07) is 16.9. The number of hydrogen-bond donors (Lipinski definition) is 3.